The summed E-state index contributed by atoms with van der Waals surface area (Å²) in [4.78, 5) is 14.1. The van der Waals surface area contributed by atoms with Gasteiger partial charge in [-0.3, -0.25) is 4.79 Å². The van der Waals surface area contributed by atoms with Crippen molar-refractivity contribution in [3.8, 4) is 0 Å². The zero-order valence-electron chi connectivity index (χ0n) is 9.78. The highest BCUT2D eigenvalue weighted by atomic mass is 35.5. The van der Waals surface area contributed by atoms with E-state index < -0.39 is 0 Å². The fraction of sp³-hybridized carbons (Fsp3) is 0.909. The van der Waals surface area contributed by atoms with E-state index in [9.17, 15) is 4.79 Å². The first-order valence-corrected chi connectivity index (χ1v) is 5.95. The summed E-state index contributed by atoms with van der Waals surface area (Å²) >= 11 is 0. The fourth-order valence-corrected chi connectivity index (χ4v) is 2.20. The quantitative estimate of drug-likeness (QED) is 0.803. The molecule has 2 fully saturated rings. The van der Waals surface area contributed by atoms with Crippen molar-refractivity contribution >= 4 is 18.3 Å². The molecule has 0 aromatic carbocycles. The Morgan fingerprint density at radius 3 is 2.69 bits per heavy atom. The third kappa shape index (κ3) is 2.87. The van der Waals surface area contributed by atoms with Gasteiger partial charge >= 0.3 is 0 Å². The molecule has 0 spiro atoms. The van der Waals surface area contributed by atoms with E-state index in [1.165, 1.54) is 19.3 Å². The van der Waals surface area contributed by atoms with Gasteiger partial charge in [-0.2, -0.15) is 0 Å². The maximum Gasteiger partial charge on any atom is 0.253 e. The highest BCUT2D eigenvalue weighted by Gasteiger charge is 2.32. The Kier molecular flexibility index (Phi) is 5.52. The van der Waals surface area contributed by atoms with Gasteiger partial charge in [0, 0.05) is 25.7 Å². The van der Waals surface area contributed by atoms with Crippen LogP contribution in [0.1, 0.15) is 26.2 Å². The molecule has 94 valence electrons. The van der Waals surface area contributed by atoms with Crippen LogP contribution in [0.4, 0.5) is 0 Å². The molecule has 2 rings (SSSR count). The predicted molar refractivity (Wildman–Crippen MR) is 64.9 cm³/mol. The Morgan fingerprint density at radius 2 is 2.25 bits per heavy atom. The second-order valence-electron chi connectivity index (χ2n) is 4.27. The number of hydrogen-bond donors (Lipinski definition) is 1. The molecule has 4 nitrogen and oxygen atoms in total. The molecule has 1 atom stereocenters. The van der Waals surface area contributed by atoms with Crippen molar-refractivity contribution in [1.82, 2.24) is 10.2 Å². The van der Waals surface area contributed by atoms with Gasteiger partial charge in [-0.15, -0.1) is 12.4 Å². The minimum absolute atomic E-state index is 0. The number of ether oxygens (including phenoxy) is 1. The van der Waals surface area contributed by atoms with Gasteiger partial charge < -0.3 is 15.0 Å². The number of hydrogen-bond acceptors (Lipinski definition) is 3. The monoisotopic (exact) mass is 248 g/mol. The van der Waals surface area contributed by atoms with Gasteiger partial charge in [0.1, 0.15) is 6.10 Å². The third-order valence-electron chi connectivity index (χ3n) is 3.34. The number of nitrogens with one attached hydrogen (secondary N) is 1. The number of amides is 1. The summed E-state index contributed by atoms with van der Waals surface area (Å²) < 4.78 is 5.49. The molecular formula is C11H21ClN2O2. The molecule has 1 N–H and O–H groups in total. The van der Waals surface area contributed by atoms with Crippen LogP contribution in [0.25, 0.3) is 0 Å². The first kappa shape index (κ1) is 13.7. The summed E-state index contributed by atoms with van der Waals surface area (Å²) in [5.74, 6) is 0.175. The summed E-state index contributed by atoms with van der Waals surface area (Å²) in [5.41, 5.74) is 0. The number of likely N-dealkylation sites (N-methyl/N-ethyl adjacent to an activating group) is 1. The summed E-state index contributed by atoms with van der Waals surface area (Å²) in [6, 6.07) is 0.480. The molecule has 0 aromatic rings. The van der Waals surface area contributed by atoms with Crippen LogP contribution in [-0.4, -0.2) is 49.2 Å². The Labute approximate surface area is 103 Å². The highest BCUT2D eigenvalue weighted by Crippen LogP contribution is 2.25. The first-order valence-electron chi connectivity index (χ1n) is 5.95. The van der Waals surface area contributed by atoms with Crippen molar-refractivity contribution < 1.29 is 9.53 Å². The van der Waals surface area contributed by atoms with Crippen LogP contribution in [0.2, 0.25) is 0 Å². The number of carbonyl (C=O) groups excluding carboxylic acids is 1. The molecule has 0 radical (unpaired) electrons. The molecule has 1 heterocycles. The smallest absolute Gasteiger partial charge is 0.253 e. The molecule has 1 saturated heterocycles. The Morgan fingerprint density at radius 1 is 1.50 bits per heavy atom. The van der Waals surface area contributed by atoms with E-state index >= 15 is 0 Å². The largest absolute Gasteiger partial charge is 0.366 e. The molecule has 5 heteroatoms. The van der Waals surface area contributed by atoms with E-state index in [0.29, 0.717) is 19.2 Å². The predicted octanol–water partition coefficient (Wildman–Crippen LogP) is 0.798. The van der Waals surface area contributed by atoms with Crippen LogP contribution in [0.5, 0.6) is 0 Å². The summed E-state index contributed by atoms with van der Waals surface area (Å²) in [6.07, 6.45) is 3.34. The van der Waals surface area contributed by atoms with Crippen LogP contribution < -0.4 is 5.32 Å². The number of nitrogens with zero attached hydrogens (tertiary/aromatic N) is 1. The normalized spacial score (nSPS) is 25.4. The van der Waals surface area contributed by atoms with Gasteiger partial charge in [0.05, 0.1) is 6.61 Å². The van der Waals surface area contributed by atoms with Crippen molar-refractivity contribution in [2.45, 2.75) is 38.3 Å². The Balaban J connectivity index is 0.00000128. The molecule has 1 aliphatic heterocycles. The van der Waals surface area contributed by atoms with Crippen molar-refractivity contribution in [3.63, 3.8) is 0 Å². The third-order valence-corrected chi connectivity index (χ3v) is 3.34. The van der Waals surface area contributed by atoms with Crippen molar-refractivity contribution in [2.24, 2.45) is 0 Å². The number of rotatable bonds is 3. The van der Waals surface area contributed by atoms with E-state index in [1.807, 2.05) is 11.8 Å². The number of morpholine rings is 1. The van der Waals surface area contributed by atoms with E-state index in [1.54, 1.807) is 0 Å². The second-order valence-corrected chi connectivity index (χ2v) is 4.27. The minimum atomic E-state index is -0.251. The van der Waals surface area contributed by atoms with Crippen molar-refractivity contribution in [1.29, 1.82) is 0 Å². The molecular weight excluding hydrogens is 228 g/mol. The minimum Gasteiger partial charge on any atom is -0.366 e. The lowest BCUT2D eigenvalue weighted by atomic mass is 9.91. The molecule has 1 amide bonds. The highest BCUT2D eigenvalue weighted by molar-refractivity contribution is 5.85. The van der Waals surface area contributed by atoms with Crippen LogP contribution in [0, 0.1) is 0 Å². The zero-order valence-corrected chi connectivity index (χ0v) is 10.6. The van der Waals surface area contributed by atoms with Gasteiger partial charge in [0.15, 0.2) is 0 Å². The molecule has 1 aliphatic carbocycles. The summed E-state index contributed by atoms with van der Waals surface area (Å²) in [6.45, 7) is 5.04. The Hall–Kier alpha value is -0.320. The van der Waals surface area contributed by atoms with Crippen LogP contribution in [-0.2, 0) is 9.53 Å². The van der Waals surface area contributed by atoms with E-state index in [2.05, 4.69) is 5.32 Å². The SMILES string of the molecule is CCN(C(=O)[C@@H]1CNCCO1)C1CCC1.Cl. The maximum absolute atomic E-state index is 12.1. The van der Waals surface area contributed by atoms with Gasteiger partial charge in [-0.25, -0.2) is 0 Å². The number of halogens is 1. The molecule has 1 saturated carbocycles. The standard InChI is InChI=1S/C11H20N2O2.ClH/c1-2-13(9-4-3-5-9)11(14)10-8-12-6-7-15-10;/h9-10,12H,2-8H2,1H3;1H/t10-;/m0./s1. The lowest BCUT2D eigenvalue weighted by Gasteiger charge is -2.39. The average molecular weight is 249 g/mol. The van der Waals surface area contributed by atoms with Crippen LogP contribution >= 0.6 is 12.4 Å². The van der Waals surface area contributed by atoms with Gasteiger partial charge in [-0.1, -0.05) is 0 Å². The first-order chi connectivity index (χ1) is 7.33. The van der Waals surface area contributed by atoms with E-state index in [-0.39, 0.29) is 24.4 Å². The van der Waals surface area contributed by atoms with Crippen molar-refractivity contribution in [3.05, 3.63) is 0 Å². The second kappa shape index (κ2) is 6.42. The molecule has 16 heavy (non-hydrogen) atoms. The lowest BCUT2D eigenvalue weighted by Crippen LogP contribution is -2.53. The average Bonchev–Trinajstić information content (AvgIpc) is 2.23. The Bertz CT molecular complexity index is 228. The van der Waals surface area contributed by atoms with Crippen LogP contribution in [0.15, 0.2) is 0 Å². The van der Waals surface area contributed by atoms with Gasteiger partial charge in [0.2, 0.25) is 0 Å². The zero-order chi connectivity index (χ0) is 10.7. The van der Waals surface area contributed by atoms with Gasteiger partial charge in [-0.05, 0) is 26.2 Å². The lowest BCUT2D eigenvalue weighted by molar-refractivity contribution is -0.149. The van der Waals surface area contributed by atoms with Crippen molar-refractivity contribution in [2.75, 3.05) is 26.2 Å². The van der Waals surface area contributed by atoms with Crippen LogP contribution in [0.3, 0.4) is 0 Å². The van der Waals surface area contributed by atoms with E-state index in [0.717, 1.165) is 13.1 Å². The number of carbonyl (C=O) groups is 1. The fourth-order valence-electron chi connectivity index (χ4n) is 2.20. The molecule has 2 aliphatic rings. The summed E-state index contributed by atoms with van der Waals surface area (Å²) in [7, 11) is 0. The van der Waals surface area contributed by atoms with Gasteiger partial charge in [0.25, 0.3) is 5.91 Å². The van der Waals surface area contributed by atoms with E-state index in [4.69, 9.17) is 4.74 Å². The molecule has 0 aromatic heterocycles. The molecule has 0 unspecified atom stereocenters. The topological polar surface area (TPSA) is 41.6 Å². The summed E-state index contributed by atoms with van der Waals surface area (Å²) in [5, 5.41) is 3.20. The molecule has 0 bridgehead atoms. The maximum atomic E-state index is 12.1.